The summed E-state index contributed by atoms with van der Waals surface area (Å²) in [6, 6.07) is 40.6. The Bertz CT molecular complexity index is 1510. The van der Waals surface area contributed by atoms with Gasteiger partial charge in [-0.1, -0.05) is 0 Å². The second-order valence-corrected chi connectivity index (χ2v) is 11.2. The molecule has 5 aromatic rings. The number of hydrogen-bond donors (Lipinski definition) is 0. The van der Waals surface area contributed by atoms with Crippen molar-refractivity contribution in [1.29, 1.82) is 0 Å². The molecule has 0 amide bonds. The average Bonchev–Trinajstić information content (AvgIpc) is 3.14. The quantitative estimate of drug-likeness (QED) is 0.229. The summed E-state index contributed by atoms with van der Waals surface area (Å²) in [5.74, 6) is 0. The first-order valence-electron chi connectivity index (χ1n) is 10.6. The SMILES string of the molecule is c1ccc2c(c1)[Te]c1ccccc1C2=C1c2ccccc2-c2cc3ccccc3cc21. The van der Waals surface area contributed by atoms with Crippen LogP contribution >= 0.6 is 0 Å². The van der Waals surface area contributed by atoms with Gasteiger partial charge in [0.2, 0.25) is 0 Å². The van der Waals surface area contributed by atoms with Crippen LogP contribution in [0.3, 0.4) is 0 Å². The summed E-state index contributed by atoms with van der Waals surface area (Å²) in [6.07, 6.45) is 0. The fourth-order valence-corrected chi connectivity index (χ4v) is 8.19. The van der Waals surface area contributed by atoms with Gasteiger partial charge in [0, 0.05) is 0 Å². The molecule has 0 unspecified atom stereocenters. The van der Waals surface area contributed by atoms with E-state index in [1.807, 2.05) is 0 Å². The molecule has 0 bridgehead atoms. The van der Waals surface area contributed by atoms with Crippen molar-refractivity contribution in [2.24, 2.45) is 0 Å². The summed E-state index contributed by atoms with van der Waals surface area (Å²) >= 11 is -0.378. The number of hydrogen-bond acceptors (Lipinski definition) is 0. The second kappa shape index (κ2) is 6.69. The molecule has 0 atom stereocenters. The predicted molar refractivity (Wildman–Crippen MR) is 132 cm³/mol. The van der Waals surface area contributed by atoms with Crippen molar-refractivity contribution in [3.63, 3.8) is 0 Å². The van der Waals surface area contributed by atoms with Crippen molar-refractivity contribution >= 4 is 50.1 Å². The van der Waals surface area contributed by atoms with Gasteiger partial charge >= 0.3 is 193 Å². The van der Waals surface area contributed by atoms with Crippen LogP contribution in [0.5, 0.6) is 0 Å². The van der Waals surface area contributed by atoms with Gasteiger partial charge in [-0.25, -0.2) is 0 Å². The molecule has 0 N–H and O–H groups in total. The van der Waals surface area contributed by atoms with Crippen LogP contribution in [0, 0.1) is 0 Å². The van der Waals surface area contributed by atoms with E-state index in [-0.39, 0.29) is 20.9 Å². The summed E-state index contributed by atoms with van der Waals surface area (Å²) in [6.45, 7) is 0. The van der Waals surface area contributed by atoms with Gasteiger partial charge in [-0.3, -0.25) is 0 Å². The van der Waals surface area contributed by atoms with Crippen LogP contribution in [-0.4, -0.2) is 20.9 Å². The van der Waals surface area contributed by atoms with Gasteiger partial charge in [-0.15, -0.1) is 0 Å². The van der Waals surface area contributed by atoms with Crippen LogP contribution in [0.15, 0.2) is 109 Å². The van der Waals surface area contributed by atoms with E-state index in [1.165, 1.54) is 55.3 Å². The normalized spacial score (nSPS) is 13.5. The Hall–Kier alpha value is -3.11. The van der Waals surface area contributed by atoms with E-state index in [4.69, 9.17) is 0 Å². The van der Waals surface area contributed by atoms with Crippen LogP contribution in [0.2, 0.25) is 0 Å². The maximum absolute atomic E-state index is 2.41. The third-order valence-corrected chi connectivity index (χ3v) is 9.71. The van der Waals surface area contributed by atoms with Gasteiger partial charge in [0.15, 0.2) is 0 Å². The molecular formula is C30H18Te. The van der Waals surface area contributed by atoms with E-state index < -0.39 is 0 Å². The van der Waals surface area contributed by atoms with E-state index in [0.717, 1.165) is 0 Å². The zero-order chi connectivity index (χ0) is 20.4. The number of fused-ring (bicyclic) bond motifs is 6. The molecule has 1 heteroatoms. The molecule has 144 valence electrons. The third kappa shape index (κ3) is 2.55. The fraction of sp³-hybridized carbons (Fsp3) is 0. The van der Waals surface area contributed by atoms with Gasteiger partial charge in [0.1, 0.15) is 0 Å². The topological polar surface area (TPSA) is 0 Å². The van der Waals surface area contributed by atoms with Crippen molar-refractivity contribution in [3.8, 4) is 11.1 Å². The van der Waals surface area contributed by atoms with E-state index in [9.17, 15) is 0 Å². The molecule has 1 heterocycles. The van der Waals surface area contributed by atoms with Crippen LogP contribution in [0.25, 0.3) is 33.0 Å². The summed E-state index contributed by atoms with van der Waals surface area (Å²) in [5, 5.41) is 2.61. The van der Waals surface area contributed by atoms with Gasteiger partial charge in [-0.2, -0.15) is 0 Å². The zero-order valence-corrected chi connectivity index (χ0v) is 19.1. The van der Waals surface area contributed by atoms with Crippen molar-refractivity contribution < 1.29 is 0 Å². The van der Waals surface area contributed by atoms with Gasteiger partial charge in [0.05, 0.1) is 0 Å². The molecule has 1 aliphatic carbocycles. The van der Waals surface area contributed by atoms with Gasteiger partial charge in [0.25, 0.3) is 0 Å². The monoisotopic (exact) mass is 508 g/mol. The van der Waals surface area contributed by atoms with E-state index in [1.54, 1.807) is 7.22 Å². The molecule has 7 rings (SSSR count). The first-order valence-corrected chi connectivity index (χ1v) is 13.0. The van der Waals surface area contributed by atoms with E-state index in [0.29, 0.717) is 0 Å². The molecule has 0 fully saturated rings. The van der Waals surface area contributed by atoms with Gasteiger partial charge < -0.3 is 0 Å². The average molecular weight is 506 g/mol. The third-order valence-electron chi connectivity index (χ3n) is 6.42. The van der Waals surface area contributed by atoms with Crippen molar-refractivity contribution in [1.82, 2.24) is 0 Å². The molecule has 0 radical (unpaired) electrons. The summed E-state index contributed by atoms with van der Waals surface area (Å²) < 4.78 is 3.08. The van der Waals surface area contributed by atoms with Crippen LogP contribution in [-0.2, 0) is 0 Å². The Balaban J connectivity index is 1.67. The summed E-state index contributed by atoms with van der Waals surface area (Å²) in [7, 11) is 0. The number of benzene rings is 5. The molecule has 0 spiro atoms. The molecule has 31 heavy (non-hydrogen) atoms. The Labute approximate surface area is 192 Å². The molecule has 0 saturated heterocycles. The molecule has 5 aromatic carbocycles. The first-order chi connectivity index (χ1) is 15.4. The number of rotatable bonds is 0. The molecular weight excluding hydrogens is 488 g/mol. The van der Waals surface area contributed by atoms with Crippen molar-refractivity contribution in [2.45, 2.75) is 0 Å². The van der Waals surface area contributed by atoms with Crippen LogP contribution in [0.4, 0.5) is 0 Å². The van der Waals surface area contributed by atoms with Crippen molar-refractivity contribution in [3.05, 3.63) is 131 Å². The van der Waals surface area contributed by atoms with Crippen LogP contribution in [0.1, 0.15) is 22.3 Å². The second-order valence-electron chi connectivity index (χ2n) is 8.13. The molecule has 1 aliphatic heterocycles. The first kappa shape index (κ1) is 17.6. The fourth-order valence-electron chi connectivity index (χ4n) is 5.08. The molecule has 2 aliphatic rings. The summed E-state index contributed by atoms with van der Waals surface area (Å²) in [4.78, 5) is 0. The standard InChI is InChI=1S/C30H18Te/c1-2-10-20-18-26-25(17-19(20)9-1)21-11-3-4-12-22(21)29(26)30-23-13-5-7-15-27(23)31-28-16-8-6-14-24(28)30/h1-18H. The minimum absolute atomic E-state index is 0.378. The van der Waals surface area contributed by atoms with Crippen LogP contribution < -0.4 is 7.22 Å². The molecule has 0 saturated carbocycles. The molecule has 0 aromatic heterocycles. The van der Waals surface area contributed by atoms with E-state index in [2.05, 4.69) is 109 Å². The van der Waals surface area contributed by atoms with E-state index >= 15 is 0 Å². The van der Waals surface area contributed by atoms with Crippen molar-refractivity contribution in [2.75, 3.05) is 0 Å². The zero-order valence-electron chi connectivity index (χ0n) is 16.8. The Kier molecular flexibility index (Phi) is 3.79. The summed E-state index contributed by atoms with van der Waals surface area (Å²) in [5.41, 5.74) is 11.1. The predicted octanol–water partition coefficient (Wildman–Crippen LogP) is 5.80. The minimum atomic E-state index is -0.378. The molecule has 0 nitrogen and oxygen atoms in total. The van der Waals surface area contributed by atoms with Gasteiger partial charge in [-0.05, 0) is 0 Å². The Morgan fingerprint density at radius 1 is 0.355 bits per heavy atom. The Morgan fingerprint density at radius 2 is 0.806 bits per heavy atom. The Morgan fingerprint density at radius 3 is 1.45 bits per heavy atom. The maximum atomic E-state index is 2.41.